The molecule has 1 heterocycles. The molecule has 0 saturated carbocycles. The quantitative estimate of drug-likeness (QED) is 0.240. The molecule has 1 fully saturated rings. The van der Waals surface area contributed by atoms with Gasteiger partial charge in [-0.05, 0) is 42.9 Å². The number of guanidine groups is 1. The number of ether oxygens (including phenoxy) is 2. The minimum absolute atomic E-state index is 0. The molecule has 1 unspecified atom stereocenters. The van der Waals surface area contributed by atoms with Crippen molar-refractivity contribution in [3.8, 4) is 11.5 Å². The van der Waals surface area contributed by atoms with E-state index in [2.05, 4.69) is 27.9 Å². The maximum Gasteiger partial charge on any atom is 0.217 e. The van der Waals surface area contributed by atoms with Crippen LogP contribution in [0.4, 0.5) is 0 Å². The highest BCUT2D eigenvalue weighted by molar-refractivity contribution is 14.0. The molecule has 2 rings (SSSR count). The molecule has 8 heteroatoms. The predicted molar refractivity (Wildman–Crippen MR) is 127 cm³/mol. The number of nitrogens with zero attached hydrogens (tertiary/aromatic N) is 2. The van der Waals surface area contributed by atoms with Crippen molar-refractivity contribution >= 4 is 35.8 Å². The zero-order chi connectivity index (χ0) is 20.5. The molecule has 0 aromatic heterocycles. The van der Waals surface area contributed by atoms with E-state index >= 15 is 0 Å². The van der Waals surface area contributed by atoms with Gasteiger partial charge in [-0.1, -0.05) is 6.08 Å². The Morgan fingerprint density at radius 1 is 1.41 bits per heavy atom. The van der Waals surface area contributed by atoms with E-state index in [1.54, 1.807) is 21.3 Å². The largest absolute Gasteiger partial charge is 0.493 e. The third-order valence-corrected chi connectivity index (χ3v) is 4.95. The first-order chi connectivity index (χ1) is 13.5. The second-order valence-electron chi connectivity index (χ2n) is 7.01. The highest BCUT2D eigenvalue weighted by Gasteiger charge is 2.23. The molecule has 0 bridgehead atoms. The number of likely N-dealkylation sites (tertiary alicyclic amines) is 1. The van der Waals surface area contributed by atoms with Gasteiger partial charge in [-0.3, -0.25) is 9.79 Å². The summed E-state index contributed by atoms with van der Waals surface area (Å²) < 4.78 is 11.0. The minimum Gasteiger partial charge on any atom is -0.493 e. The van der Waals surface area contributed by atoms with Crippen LogP contribution >= 0.6 is 24.0 Å². The maximum atomic E-state index is 11.3. The van der Waals surface area contributed by atoms with Gasteiger partial charge in [0.15, 0.2) is 17.5 Å². The Kier molecular flexibility index (Phi) is 10.9. The van der Waals surface area contributed by atoms with Crippen LogP contribution in [0.25, 0.3) is 0 Å². The Bertz CT molecular complexity index is 724. The fourth-order valence-electron chi connectivity index (χ4n) is 3.74. The molecule has 1 aromatic carbocycles. The van der Waals surface area contributed by atoms with Gasteiger partial charge in [0.2, 0.25) is 5.91 Å². The maximum absolute atomic E-state index is 11.3. The van der Waals surface area contributed by atoms with Crippen LogP contribution in [0.2, 0.25) is 0 Å². The van der Waals surface area contributed by atoms with Gasteiger partial charge in [-0.25, -0.2) is 0 Å². The fraction of sp³-hybridized carbons (Fsp3) is 0.524. The van der Waals surface area contributed by atoms with Crippen LogP contribution < -0.4 is 20.5 Å². The van der Waals surface area contributed by atoms with Crippen molar-refractivity contribution in [3.63, 3.8) is 0 Å². The van der Waals surface area contributed by atoms with Crippen molar-refractivity contribution in [2.75, 3.05) is 34.4 Å². The molecule has 162 valence electrons. The highest BCUT2D eigenvalue weighted by atomic mass is 127. The standard InChI is InChI=1S/C21H32N4O3.HI/c1-5-7-17-10-16(11-18(27-3)20(17)28-4)13-24-21(23-2)25-9-6-8-15(14-25)12-19(22)26;/h5,10-11,15H,1,6-9,12-14H2,2-4H3,(H2,22,26)(H,23,24);1H. The van der Waals surface area contributed by atoms with Gasteiger partial charge in [0, 0.05) is 38.7 Å². The Morgan fingerprint density at radius 3 is 2.76 bits per heavy atom. The van der Waals surface area contributed by atoms with E-state index in [9.17, 15) is 4.79 Å². The Labute approximate surface area is 190 Å². The van der Waals surface area contributed by atoms with Gasteiger partial charge >= 0.3 is 0 Å². The molecule has 1 aromatic rings. The van der Waals surface area contributed by atoms with E-state index < -0.39 is 0 Å². The molecular formula is C21H33IN4O3. The smallest absolute Gasteiger partial charge is 0.217 e. The van der Waals surface area contributed by atoms with Gasteiger partial charge in [-0.15, -0.1) is 30.6 Å². The summed E-state index contributed by atoms with van der Waals surface area (Å²) in [5.74, 6) is 2.31. The number of nitrogens with one attached hydrogen (secondary N) is 1. The second-order valence-corrected chi connectivity index (χ2v) is 7.01. The van der Waals surface area contributed by atoms with Crippen LogP contribution in [0.3, 0.4) is 0 Å². The number of hydrogen-bond acceptors (Lipinski definition) is 4. The molecule has 0 aliphatic carbocycles. The van der Waals surface area contributed by atoms with E-state index in [-0.39, 0.29) is 35.8 Å². The van der Waals surface area contributed by atoms with E-state index in [0.29, 0.717) is 25.1 Å². The van der Waals surface area contributed by atoms with Crippen LogP contribution in [-0.2, 0) is 17.8 Å². The number of allylic oxidation sites excluding steroid dienone is 1. The van der Waals surface area contributed by atoms with Crippen molar-refractivity contribution in [2.24, 2.45) is 16.6 Å². The summed E-state index contributed by atoms with van der Waals surface area (Å²) in [6.45, 7) is 6.13. The Balaban J connectivity index is 0.00000420. The molecule has 1 aliphatic heterocycles. The van der Waals surface area contributed by atoms with Crippen molar-refractivity contribution in [1.82, 2.24) is 10.2 Å². The number of halogens is 1. The number of amides is 1. The number of primary amides is 1. The lowest BCUT2D eigenvalue weighted by Crippen LogP contribution is -2.46. The summed E-state index contributed by atoms with van der Waals surface area (Å²) in [5.41, 5.74) is 7.47. The SMILES string of the molecule is C=CCc1cc(CNC(=NC)N2CCCC(CC(N)=O)C2)cc(OC)c1OC.I. The van der Waals surface area contributed by atoms with Crippen LogP contribution in [0.1, 0.15) is 30.4 Å². The first kappa shape index (κ1) is 25.1. The molecule has 29 heavy (non-hydrogen) atoms. The number of aliphatic imine (C=N–C) groups is 1. The number of benzene rings is 1. The van der Waals surface area contributed by atoms with E-state index in [4.69, 9.17) is 15.2 Å². The average Bonchev–Trinajstić information content (AvgIpc) is 2.68. The molecule has 3 N–H and O–H groups in total. The lowest BCUT2D eigenvalue weighted by molar-refractivity contribution is -0.119. The van der Waals surface area contributed by atoms with Gasteiger partial charge in [0.1, 0.15) is 0 Å². The van der Waals surface area contributed by atoms with Crippen LogP contribution in [-0.4, -0.2) is 51.1 Å². The van der Waals surface area contributed by atoms with Crippen molar-refractivity contribution in [2.45, 2.75) is 32.2 Å². The molecule has 1 aliphatic rings. The van der Waals surface area contributed by atoms with Crippen molar-refractivity contribution < 1.29 is 14.3 Å². The third-order valence-electron chi connectivity index (χ3n) is 4.95. The van der Waals surface area contributed by atoms with Crippen molar-refractivity contribution in [3.05, 3.63) is 35.9 Å². The molecule has 0 spiro atoms. The normalized spacial score (nSPS) is 16.6. The molecule has 1 saturated heterocycles. The lowest BCUT2D eigenvalue weighted by atomic mass is 9.95. The van der Waals surface area contributed by atoms with E-state index in [1.807, 2.05) is 12.1 Å². The predicted octanol–water partition coefficient (Wildman–Crippen LogP) is 2.71. The summed E-state index contributed by atoms with van der Waals surface area (Å²) in [7, 11) is 5.05. The number of carbonyl (C=O) groups is 1. The summed E-state index contributed by atoms with van der Waals surface area (Å²) in [6.07, 6.45) is 5.02. The number of nitrogens with two attached hydrogens (primary N) is 1. The average molecular weight is 516 g/mol. The van der Waals surface area contributed by atoms with E-state index in [0.717, 1.165) is 48.8 Å². The molecular weight excluding hydrogens is 483 g/mol. The van der Waals surface area contributed by atoms with E-state index in [1.165, 1.54) is 0 Å². The Hall–Kier alpha value is -1.97. The summed E-state index contributed by atoms with van der Waals surface area (Å²) in [4.78, 5) is 17.9. The number of carbonyl (C=O) groups excluding carboxylic acids is 1. The topological polar surface area (TPSA) is 89.2 Å². The summed E-state index contributed by atoms with van der Waals surface area (Å²) in [5, 5.41) is 3.42. The molecule has 1 atom stereocenters. The lowest BCUT2D eigenvalue weighted by Gasteiger charge is -2.34. The first-order valence-corrected chi connectivity index (χ1v) is 9.60. The molecule has 0 radical (unpaired) electrons. The van der Waals surface area contributed by atoms with Gasteiger partial charge in [-0.2, -0.15) is 0 Å². The zero-order valence-corrected chi connectivity index (χ0v) is 19.9. The second kappa shape index (κ2) is 12.6. The van der Waals surface area contributed by atoms with Gasteiger partial charge in [0.05, 0.1) is 14.2 Å². The monoisotopic (exact) mass is 516 g/mol. The summed E-state index contributed by atoms with van der Waals surface area (Å²) in [6, 6.07) is 4.06. The van der Waals surface area contributed by atoms with Crippen LogP contribution in [0.5, 0.6) is 11.5 Å². The highest BCUT2D eigenvalue weighted by Crippen LogP contribution is 2.33. The third kappa shape index (κ3) is 7.09. The minimum atomic E-state index is -0.241. The summed E-state index contributed by atoms with van der Waals surface area (Å²) >= 11 is 0. The molecule has 7 nitrogen and oxygen atoms in total. The zero-order valence-electron chi connectivity index (χ0n) is 17.6. The number of piperidine rings is 1. The van der Waals surface area contributed by atoms with Crippen LogP contribution in [0.15, 0.2) is 29.8 Å². The fourth-order valence-corrected chi connectivity index (χ4v) is 3.74. The first-order valence-electron chi connectivity index (χ1n) is 9.60. The van der Waals surface area contributed by atoms with Crippen LogP contribution in [0, 0.1) is 5.92 Å². The number of rotatable bonds is 8. The van der Waals surface area contributed by atoms with Crippen molar-refractivity contribution in [1.29, 1.82) is 0 Å². The number of hydrogen-bond donors (Lipinski definition) is 2. The Morgan fingerprint density at radius 2 is 2.17 bits per heavy atom. The van der Waals surface area contributed by atoms with Gasteiger partial charge < -0.3 is 25.4 Å². The number of methoxy groups -OCH3 is 2. The molecule has 1 amide bonds. The van der Waals surface area contributed by atoms with Gasteiger partial charge in [0.25, 0.3) is 0 Å².